The van der Waals surface area contributed by atoms with E-state index in [9.17, 15) is 14.7 Å². The quantitative estimate of drug-likeness (QED) is 0.721. The average Bonchev–Trinajstić information content (AvgIpc) is 3.24. The Balaban J connectivity index is 1.43. The summed E-state index contributed by atoms with van der Waals surface area (Å²) in [6, 6.07) is 11.3. The van der Waals surface area contributed by atoms with Crippen molar-refractivity contribution in [3.8, 4) is 5.75 Å². The summed E-state index contributed by atoms with van der Waals surface area (Å²) in [5, 5.41) is 13.2. The number of urea groups is 1. The fourth-order valence-corrected chi connectivity index (χ4v) is 4.41. The highest BCUT2D eigenvalue weighted by molar-refractivity contribution is 6.07. The molecule has 30 heavy (non-hydrogen) atoms. The fourth-order valence-electron chi connectivity index (χ4n) is 4.41. The molecule has 0 aromatic heterocycles. The van der Waals surface area contributed by atoms with Crippen LogP contribution in [0.2, 0.25) is 0 Å². The number of β-amino-alcohol motifs (C(OH)–C–C–N with tert-alkyl or cyclic N) is 1. The topological polar surface area (TPSA) is 78.9 Å². The van der Waals surface area contributed by atoms with Crippen molar-refractivity contribution in [2.45, 2.75) is 51.7 Å². The van der Waals surface area contributed by atoms with Gasteiger partial charge in [0.1, 0.15) is 24.0 Å². The second-order valence-corrected chi connectivity index (χ2v) is 8.60. The van der Waals surface area contributed by atoms with E-state index < -0.39 is 17.7 Å². The zero-order valence-electron chi connectivity index (χ0n) is 17.7. The number of amides is 3. The van der Waals surface area contributed by atoms with Crippen molar-refractivity contribution in [2.24, 2.45) is 0 Å². The number of aliphatic hydroxyl groups is 1. The van der Waals surface area contributed by atoms with E-state index in [2.05, 4.69) is 11.4 Å². The summed E-state index contributed by atoms with van der Waals surface area (Å²) in [7, 11) is 0. The van der Waals surface area contributed by atoms with E-state index in [1.165, 1.54) is 11.1 Å². The van der Waals surface area contributed by atoms with Gasteiger partial charge in [0.25, 0.3) is 5.91 Å². The van der Waals surface area contributed by atoms with Crippen LogP contribution in [0.15, 0.2) is 36.4 Å². The van der Waals surface area contributed by atoms with Crippen LogP contribution in [0, 0.1) is 13.8 Å². The molecule has 3 amide bonds. The van der Waals surface area contributed by atoms with Crippen LogP contribution in [0.1, 0.15) is 41.2 Å². The molecule has 1 heterocycles. The Morgan fingerprint density at radius 3 is 2.53 bits per heavy atom. The van der Waals surface area contributed by atoms with Gasteiger partial charge in [0.15, 0.2) is 0 Å². The summed E-state index contributed by atoms with van der Waals surface area (Å²) in [6.07, 6.45) is 2.20. The van der Waals surface area contributed by atoms with Gasteiger partial charge < -0.3 is 15.2 Å². The first-order valence-electron chi connectivity index (χ1n) is 10.4. The molecule has 1 fully saturated rings. The Labute approximate surface area is 176 Å². The van der Waals surface area contributed by atoms with Crippen LogP contribution in [0.3, 0.4) is 0 Å². The van der Waals surface area contributed by atoms with Gasteiger partial charge in [-0.3, -0.25) is 9.69 Å². The first-order chi connectivity index (χ1) is 14.3. The Hall–Kier alpha value is -2.86. The second kappa shape index (κ2) is 7.76. The maximum atomic E-state index is 13.1. The number of hydrogen-bond acceptors (Lipinski definition) is 4. The standard InChI is InChI=1S/C24H28N2O4/c1-15-9-16(2)11-21(10-15)30-14-20(27)13-26-22(28)24(3,25-23(26)29)19-8-7-17-5-4-6-18(17)12-19/h7-12,20,27H,4-6,13-14H2,1-3H3,(H,25,29)/t20-,24+/m1/s1. The summed E-state index contributed by atoms with van der Waals surface area (Å²) in [5.41, 5.74) is 4.36. The lowest BCUT2D eigenvalue weighted by Gasteiger charge is -2.24. The van der Waals surface area contributed by atoms with Crippen LogP contribution in [-0.2, 0) is 23.2 Å². The van der Waals surface area contributed by atoms with Gasteiger partial charge >= 0.3 is 6.03 Å². The van der Waals surface area contributed by atoms with Crippen molar-refractivity contribution in [3.05, 3.63) is 64.2 Å². The van der Waals surface area contributed by atoms with E-state index in [1.807, 2.05) is 44.2 Å². The van der Waals surface area contributed by atoms with Gasteiger partial charge in [-0.15, -0.1) is 0 Å². The highest BCUT2D eigenvalue weighted by Gasteiger charge is 2.49. The minimum atomic E-state index is -1.12. The number of fused-ring (bicyclic) bond motifs is 1. The number of carbonyl (C=O) groups excluding carboxylic acids is 2. The van der Waals surface area contributed by atoms with Crippen LogP contribution in [-0.4, -0.2) is 41.2 Å². The number of aliphatic hydroxyl groups excluding tert-OH is 1. The molecule has 2 aliphatic rings. The molecule has 2 aromatic carbocycles. The van der Waals surface area contributed by atoms with Gasteiger partial charge in [-0.25, -0.2) is 4.79 Å². The molecule has 0 saturated carbocycles. The first-order valence-corrected chi connectivity index (χ1v) is 10.4. The molecule has 1 saturated heterocycles. The van der Waals surface area contributed by atoms with Crippen molar-refractivity contribution in [1.82, 2.24) is 10.2 Å². The first kappa shape index (κ1) is 20.4. The lowest BCUT2D eigenvalue weighted by Crippen LogP contribution is -2.42. The van der Waals surface area contributed by atoms with Gasteiger partial charge in [0, 0.05) is 0 Å². The van der Waals surface area contributed by atoms with Gasteiger partial charge in [-0.05, 0) is 80.0 Å². The number of ether oxygens (including phenoxy) is 1. The van der Waals surface area contributed by atoms with Crippen LogP contribution >= 0.6 is 0 Å². The number of hydrogen-bond donors (Lipinski definition) is 2. The minimum Gasteiger partial charge on any atom is -0.491 e. The molecule has 2 N–H and O–H groups in total. The third kappa shape index (κ3) is 3.79. The zero-order chi connectivity index (χ0) is 21.5. The summed E-state index contributed by atoms with van der Waals surface area (Å²) in [5.74, 6) is 0.308. The molecule has 1 aliphatic heterocycles. The number of aryl methyl sites for hydroxylation is 4. The van der Waals surface area contributed by atoms with Crippen molar-refractivity contribution >= 4 is 11.9 Å². The normalized spacial score (nSPS) is 21.5. The molecule has 1 aliphatic carbocycles. The maximum absolute atomic E-state index is 13.1. The van der Waals surface area contributed by atoms with Crippen molar-refractivity contribution in [1.29, 1.82) is 0 Å². The Morgan fingerprint density at radius 2 is 1.80 bits per heavy atom. The highest BCUT2D eigenvalue weighted by Crippen LogP contribution is 2.32. The van der Waals surface area contributed by atoms with Gasteiger partial charge in [0.2, 0.25) is 0 Å². The molecule has 6 heteroatoms. The number of rotatable bonds is 6. The Morgan fingerprint density at radius 1 is 1.10 bits per heavy atom. The smallest absolute Gasteiger partial charge is 0.325 e. The maximum Gasteiger partial charge on any atom is 0.325 e. The molecule has 0 unspecified atom stereocenters. The molecule has 2 atom stereocenters. The van der Waals surface area contributed by atoms with Gasteiger partial charge in [0.05, 0.1) is 6.54 Å². The lowest BCUT2D eigenvalue weighted by molar-refractivity contribution is -0.132. The monoisotopic (exact) mass is 408 g/mol. The lowest BCUT2D eigenvalue weighted by atomic mass is 9.89. The third-order valence-corrected chi connectivity index (χ3v) is 5.98. The largest absolute Gasteiger partial charge is 0.491 e. The summed E-state index contributed by atoms with van der Waals surface area (Å²) < 4.78 is 5.68. The molecular formula is C24H28N2O4. The fraction of sp³-hybridized carbons (Fsp3) is 0.417. The summed E-state index contributed by atoms with van der Waals surface area (Å²) in [4.78, 5) is 26.8. The molecule has 4 rings (SSSR count). The highest BCUT2D eigenvalue weighted by atomic mass is 16.5. The number of imide groups is 1. The number of nitrogens with zero attached hydrogens (tertiary/aromatic N) is 1. The van der Waals surface area contributed by atoms with E-state index >= 15 is 0 Å². The zero-order valence-corrected chi connectivity index (χ0v) is 17.7. The van der Waals surface area contributed by atoms with Crippen molar-refractivity contribution < 1.29 is 19.4 Å². The van der Waals surface area contributed by atoms with Crippen LogP contribution in [0.4, 0.5) is 4.79 Å². The molecule has 6 nitrogen and oxygen atoms in total. The molecule has 0 spiro atoms. The van der Waals surface area contributed by atoms with Crippen LogP contribution in [0.5, 0.6) is 5.75 Å². The minimum absolute atomic E-state index is 0.00445. The van der Waals surface area contributed by atoms with E-state index in [0.29, 0.717) is 5.75 Å². The predicted octanol–water partition coefficient (Wildman–Crippen LogP) is 3.00. The predicted molar refractivity (Wildman–Crippen MR) is 113 cm³/mol. The third-order valence-electron chi connectivity index (χ3n) is 5.98. The Kier molecular flexibility index (Phi) is 5.28. The second-order valence-electron chi connectivity index (χ2n) is 8.60. The molecule has 2 aromatic rings. The van der Waals surface area contributed by atoms with Gasteiger partial charge in [-0.2, -0.15) is 0 Å². The molecular weight excluding hydrogens is 380 g/mol. The number of carbonyl (C=O) groups is 2. The van der Waals surface area contributed by atoms with Crippen LogP contribution in [0.25, 0.3) is 0 Å². The molecule has 0 bridgehead atoms. The average molecular weight is 408 g/mol. The van der Waals surface area contributed by atoms with E-state index in [1.54, 1.807) is 6.92 Å². The number of benzene rings is 2. The molecule has 158 valence electrons. The molecule has 0 radical (unpaired) electrons. The summed E-state index contributed by atoms with van der Waals surface area (Å²) in [6.45, 7) is 5.56. The van der Waals surface area contributed by atoms with Gasteiger partial charge in [-0.1, -0.05) is 24.3 Å². The van der Waals surface area contributed by atoms with Crippen molar-refractivity contribution in [3.63, 3.8) is 0 Å². The van der Waals surface area contributed by atoms with Crippen molar-refractivity contribution in [2.75, 3.05) is 13.2 Å². The Bertz CT molecular complexity index is 982. The number of nitrogens with one attached hydrogen (secondary N) is 1. The van der Waals surface area contributed by atoms with E-state index in [4.69, 9.17) is 4.74 Å². The SMILES string of the molecule is Cc1cc(C)cc(OC[C@H](O)CN2C(=O)N[C@@](C)(c3ccc4c(c3)CCC4)C2=O)c1. The van der Waals surface area contributed by atoms with E-state index in [-0.39, 0.29) is 19.1 Å². The summed E-state index contributed by atoms with van der Waals surface area (Å²) >= 11 is 0. The van der Waals surface area contributed by atoms with E-state index in [0.717, 1.165) is 40.9 Å². The van der Waals surface area contributed by atoms with Crippen LogP contribution < -0.4 is 10.1 Å².